The molecule has 0 spiro atoms. The molecule has 1 fully saturated rings. The van der Waals surface area contributed by atoms with Gasteiger partial charge in [-0.3, -0.25) is 4.79 Å². The van der Waals surface area contributed by atoms with Gasteiger partial charge in [-0.25, -0.2) is 0 Å². The highest BCUT2D eigenvalue weighted by Gasteiger charge is 2.29. The van der Waals surface area contributed by atoms with Crippen LogP contribution < -0.4 is 0 Å². The van der Waals surface area contributed by atoms with E-state index in [1.807, 2.05) is 4.90 Å². The lowest BCUT2D eigenvalue weighted by Gasteiger charge is -2.36. The molecule has 1 saturated heterocycles. The molecule has 1 aliphatic heterocycles. The Hall–Kier alpha value is -2.27. The summed E-state index contributed by atoms with van der Waals surface area (Å²) >= 11 is 0. The lowest BCUT2D eigenvalue weighted by atomic mass is 9.94. The third-order valence-electron chi connectivity index (χ3n) is 4.42. The summed E-state index contributed by atoms with van der Waals surface area (Å²) in [5.41, 5.74) is 2.91. The van der Waals surface area contributed by atoms with Crippen molar-refractivity contribution in [1.29, 1.82) is 0 Å². The molecule has 1 aromatic heterocycles. The Kier molecular flexibility index (Phi) is 5.20. The molecule has 0 saturated carbocycles. The topological polar surface area (TPSA) is 49.3 Å². The van der Waals surface area contributed by atoms with E-state index in [9.17, 15) is 4.79 Å². The van der Waals surface area contributed by atoms with Crippen molar-refractivity contribution in [3.63, 3.8) is 0 Å². The van der Waals surface area contributed by atoms with E-state index in [1.165, 1.54) is 11.1 Å². The molecular formula is C19H24N4O. The molecule has 0 radical (unpaired) electrons. The maximum atomic E-state index is 12.8. The lowest BCUT2D eigenvalue weighted by Crippen LogP contribution is -2.39. The van der Waals surface area contributed by atoms with E-state index >= 15 is 0 Å². The van der Waals surface area contributed by atoms with Gasteiger partial charge in [-0.05, 0) is 56.6 Å². The SMILES string of the molecule is CN(C)Cc1ccc([C@H]2CCCCN2C(=O)c2cccnn2)cc1. The van der Waals surface area contributed by atoms with Gasteiger partial charge < -0.3 is 9.80 Å². The molecule has 5 heteroatoms. The zero-order valence-corrected chi connectivity index (χ0v) is 14.4. The van der Waals surface area contributed by atoms with Gasteiger partial charge in [-0.2, -0.15) is 5.10 Å². The van der Waals surface area contributed by atoms with Crippen molar-refractivity contribution in [2.75, 3.05) is 20.6 Å². The fourth-order valence-electron chi connectivity index (χ4n) is 3.29. The summed E-state index contributed by atoms with van der Waals surface area (Å²) in [7, 11) is 4.13. The minimum Gasteiger partial charge on any atom is -0.330 e. The molecule has 0 N–H and O–H groups in total. The maximum Gasteiger partial charge on any atom is 0.274 e. The quantitative estimate of drug-likeness (QED) is 0.868. The fourth-order valence-corrected chi connectivity index (χ4v) is 3.29. The third kappa shape index (κ3) is 3.79. The molecule has 0 bridgehead atoms. The molecular weight excluding hydrogens is 300 g/mol. The molecule has 1 amide bonds. The smallest absolute Gasteiger partial charge is 0.274 e. The van der Waals surface area contributed by atoms with Crippen LogP contribution in [0.3, 0.4) is 0 Å². The van der Waals surface area contributed by atoms with E-state index in [-0.39, 0.29) is 11.9 Å². The van der Waals surface area contributed by atoms with E-state index in [1.54, 1.807) is 18.3 Å². The van der Waals surface area contributed by atoms with Gasteiger partial charge >= 0.3 is 0 Å². The Morgan fingerprint density at radius 3 is 2.67 bits per heavy atom. The summed E-state index contributed by atoms with van der Waals surface area (Å²) in [5.74, 6) is -0.0230. The average molecular weight is 324 g/mol. The highest BCUT2D eigenvalue weighted by molar-refractivity contribution is 5.92. The van der Waals surface area contributed by atoms with Crippen molar-refractivity contribution in [2.45, 2.75) is 31.8 Å². The van der Waals surface area contributed by atoms with E-state index < -0.39 is 0 Å². The van der Waals surface area contributed by atoms with Crippen molar-refractivity contribution in [3.8, 4) is 0 Å². The number of carbonyl (C=O) groups excluding carboxylic acids is 1. The first-order valence-corrected chi connectivity index (χ1v) is 8.47. The number of hydrogen-bond donors (Lipinski definition) is 0. The number of hydrogen-bond acceptors (Lipinski definition) is 4. The Bertz CT molecular complexity index is 670. The molecule has 1 aliphatic rings. The number of piperidine rings is 1. The van der Waals surface area contributed by atoms with E-state index in [2.05, 4.69) is 53.5 Å². The molecule has 1 aromatic carbocycles. The van der Waals surface area contributed by atoms with Gasteiger partial charge in [-0.15, -0.1) is 5.10 Å². The molecule has 0 aliphatic carbocycles. The van der Waals surface area contributed by atoms with Gasteiger partial charge in [0.15, 0.2) is 5.69 Å². The van der Waals surface area contributed by atoms with Crippen LogP contribution in [0, 0.1) is 0 Å². The summed E-state index contributed by atoms with van der Waals surface area (Å²) < 4.78 is 0. The molecule has 24 heavy (non-hydrogen) atoms. The van der Waals surface area contributed by atoms with Gasteiger partial charge in [0.25, 0.3) is 5.91 Å². The normalized spacial score (nSPS) is 18.0. The number of benzene rings is 1. The predicted octanol–water partition coefficient (Wildman–Crippen LogP) is 2.91. The van der Waals surface area contributed by atoms with Crippen LogP contribution in [0.25, 0.3) is 0 Å². The van der Waals surface area contributed by atoms with Crippen molar-refractivity contribution in [3.05, 3.63) is 59.4 Å². The number of likely N-dealkylation sites (tertiary alicyclic amines) is 1. The monoisotopic (exact) mass is 324 g/mol. The molecule has 1 atom stereocenters. The zero-order chi connectivity index (χ0) is 16.9. The number of amides is 1. The molecule has 0 unspecified atom stereocenters. The average Bonchev–Trinajstić information content (AvgIpc) is 2.62. The lowest BCUT2D eigenvalue weighted by molar-refractivity contribution is 0.0604. The number of carbonyl (C=O) groups is 1. The second kappa shape index (κ2) is 7.53. The largest absolute Gasteiger partial charge is 0.330 e. The standard InChI is InChI=1S/C19H24N4O/c1-22(2)14-15-8-10-16(11-9-15)18-7-3-4-13-23(18)19(24)17-6-5-12-20-21-17/h5-6,8-12,18H,3-4,7,13-14H2,1-2H3/t18-/m1/s1. The predicted molar refractivity (Wildman–Crippen MR) is 93.5 cm³/mol. The van der Waals surface area contributed by atoms with Crippen molar-refractivity contribution in [2.24, 2.45) is 0 Å². The van der Waals surface area contributed by atoms with Gasteiger partial charge in [-0.1, -0.05) is 24.3 Å². The third-order valence-corrected chi connectivity index (χ3v) is 4.42. The minimum atomic E-state index is -0.0230. The maximum absolute atomic E-state index is 12.8. The van der Waals surface area contributed by atoms with Crippen LogP contribution in [0.4, 0.5) is 0 Å². The first-order valence-electron chi connectivity index (χ1n) is 8.47. The first kappa shape index (κ1) is 16.6. The minimum absolute atomic E-state index is 0.0230. The summed E-state index contributed by atoms with van der Waals surface area (Å²) in [6.45, 7) is 1.70. The van der Waals surface area contributed by atoms with Crippen molar-refractivity contribution in [1.82, 2.24) is 20.0 Å². The number of aromatic nitrogens is 2. The van der Waals surface area contributed by atoms with E-state index in [4.69, 9.17) is 0 Å². The highest BCUT2D eigenvalue weighted by Crippen LogP contribution is 2.32. The second-order valence-corrected chi connectivity index (χ2v) is 6.60. The Balaban J connectivity index is 1.80. The van der Waals surface area contributed by atoms with Crippen molar-refractivity contribution < 1.29 is 4.79 Å². The summed E-state index contributed by atoms with van der Waals surface area (Å²) in [6, 6.07) is 12.3. The fraction of sp³-hybridized carbons (Fsp3) is 0.421. The van der Waals surface area contributed by atoms with Crippen LogP contribution in [-0.4, -0.2) is 46.5 Å². The van der Waals surface area contributed by atoms with Crippen LogP contribution in [0.15, 0.2) is 42.6 Å². The molecule has 2 heterocycles. The summed E-state index contributed by atoms with van der Waals surface area (Å²) in [5, 5.41) is 7.82. The van der Waals surface area contributed by atoms with Gasteiger partial charge in [0.1, 0.15) is 0 Å². The molecule has 126 valence electrons. The summed E-state index contributed by atoms with van der Waals surface area (Å²) in [4.78, 5) is 16.9. The highest BCUT2D eigenvalue weighted by atomic mass is 16.2. The van der Waals surface area contributed by atoms with E-state index in [0.717, 1.165) is 32.4 Å². The molecule has 3 rings (SSSR count). The zero-order valence-electron chi connectivity index (χ0n) is 14.4. The summed E-state index contributed by atoms with van der Waals surface area (Å²) in [6.07, 6.45) is 4.78. The van der Waals surface area contributed by atoms with Crippen molar-refractivity contribution >= 4 is 5.91 Å². The van der Waals surface area contributed by atoms with Gasteiger partial charge in [0, 0.05) is 19.3 Å². The van der Waals surface area contributed by atoms with Gasteiger partial charge in [0.2, 0.25) is 0 Å². The van der Waals surface area contributed by atoms with Crippen LogP contribution in [-0.2, 0) is 6.54 Å². The Labute approximate surface area is 143 Å². The molecule has 5 nitrogen and oxygen atoms in total. The van der Waals surface area contributed by atoms with Crippen LogP contribution in [0.1, 0.15) is 46.9 Å². The number of nitrogens with zero attached hydrogens (tertiary/aromatic N) is 4. The Morgan fingerprint density at radius 1 is 1.21 bits per heavy atom. The second-order valence-electron chi connectivity index (χ2n) is 6.60. The van der Waals surface area contributed by atoms with Gasteiger partial charge in [0.05, 0.1) is 6.04 Å². The van der Waals surface area contributed by atoms with Crippen LogP contribution in [0.5, 0.6) is 0 Å². The first-order chi connectivity index (χ1) is 11.6. The molecule has 2 aromatic rings. The Morgan fingerprint density at radius 2 is 2.00 bits per heavy atom. The van der Waals surface area contributed by atoms with Crippen LogP contribution in [0.2, 0.25) is 0 Å². The van der Waals surface area contributed by atoms with Crippen LogP contribution >= 0.6 is 0 Å². The van der Waals surface area contributed by atoms with E-state index in [0.29, 0.717) is 5.69 Å². The number of rotatable bonds is 4.